The van der Waals surface area contributed by atoms with E-state index >= 15 is 0 Å². The van der Waals surface area contributed by atoms with Crippen molar-refractivity contribution in [2.45, 2.75) is 26.7 Å². The molecule has 5 heteroatoms. The first kappa shape index (κ1) is 15.0. The molecule has 0 aliphatic heterocycles. The molecule has 0 saturated carbocycles. The summed E-state index contributed by atoms with van der Waals surface area (Å²) in [5, 5.41) is 11.0. The summed E-state index contributed by atoms with van der Waals surface area (Å²) in [6, 6.07) is 13.7. The van der Waals surface area contributed by atoms with E-state index < -0.39 is 0 Å². The molecule has 0 atom stereocenters. The molecule has 21 heavy (non-hydrogen) atoms. The van der Waals surface area contributed by atoms with Crippen LogP contribution in [0.4, 0.5) is 17.3 Å². The largest absolute Gasteiger partial charge is 0.325 e. The van der Waals surface area contributed by atoms with Gasteiger partial charge in [0.2, 0.25) is 5.91 Å². The van der Waals surface area contributed by atoms with E-state index in [1.807, 2.05) is 43.3 Å². The average molecular weight is 284 g/mol. The summed E-state index contributed by atoms with van der Waals surface area (Å²) in [5.41, 5.74) is 1.07. The van der Waals surface area contributed by atoms with Crippen LogP contribution >= 0.6 is 0 Å². The first-order valence-electron chi connectivity index (χ1n) is 7.20. The highest BCUT2D eigenvalue weighted by atomic mass is 16.1. The third-order valence-corrected chi connectivity index (χ3v) is 3.06. The van der Waals surface area contributed by atoms with Crippen molar-refractivity contribution < 1.29 is 4.79 Å². The number of nitrogens with one attached hydrogen (secondary N) is 1. The number of aromatic nitrogens is 2. The second-order valence-electron chi connectivity index (χ2n) is 4.65. The molecule has 0 bridgehead atoms. The third-order valence-electron chi connectivity index (χ3n) is 3.06. The number of rotatable bonds is 6. The minimum atomic E-state index is -0.0324. The van der Waals surface area contributed by atoms with Crippen LogP contribution in [0.15, 0.2) is 42.5 Å². The molecule has 0 saturated heterocycles. The number of nitrogens with zero attached hydrogens (tertiary/aromatic N) is 3. The van der Waals surface area contributed by atoms with E-state index in [2.05, 4.69) is 27.3 Å². The zero-order valence-corrected chi connectivity index (χ0v) is 12.4. The Morgan fingerprint density at radius 1 is 1.10 bits per heavy atom. The van der Waals surface area contributed by atoms with Crippen molar-refractivity contribution in [1.82, 2.24) is 10.2 Å². The van der Waals surface area contributed by atoms with Gasteiger partial charge in [-0.05, 0) is 37.6 Å². The minimum Gasteiger partial charge on any atom is -0.325 e. The molecule has 1 aromatic heterocycles. The van der Waals surface area contributed by atoms with E-state index in [0.717, 1.165) is 24.5 Å². The Labute approximate surface area is 125 Å². The molecule has 110 valence electrons. The molecular formula is C16H20N4O. The maximum absolute atomic E-state index is 11.5. The van der Waals surface area contributed by atoms with Crippen LogP contribution in [0.2, 0.25) is 0 Å². The molecule has 1 N–H and O–H groups in total. The lowest BCUT2D eigenvalue weighted by molar-refractivity contribution is -0.116. The van der Waals surface area contributed by atoms with Crippen LogP contribution < -0.4 is 10.2 Å². The molecule has 1 aromatic carbocycles. The number of carbonyl (C=O) groups is 1. The second-order valence-corrected chi connectivity index (χ2v) is 4.65. The van der Waals surface area contributed by atoms with Crippen molar-refractivity contribution in [1.29, 1.82) is 0 Å². The molecule has 5 nitrogen and oxygen atoms in total. The van der Waals surface area contributed by atoms with Gasteiger partial charge < -0.3 is 10.2 Å². The van der Waals surface area contributed by atoms with Crippen molar-refractivity contribution in [3.05, 3.63) is 42.5 Å². The van der Waals surface area contributed by atoms with Gasteiger partial charge in [0.25, 0.3) is 0 Å². The highest BCUT2D eigenvalue weighted by molar-refractivity contribution is 5.89. The Morgan fingerprint density at radius 3 is 2.43 bits per heavy atom. The molecule has 0 spiro atoms. The zero-order chi connectivity index (χ0) is 15.1. The number of hydrogen-bond donors (Lipinski definition) is 1. The summed E-state index contributed by atoms with van der Waals surface area (Å²) in [6.45, 7) is 4.82. The predicted molar refractivity (Wildman–Crippen MR) is 84.7 cm³/mol. The Kier molecular flexibility index (Phi) is 5.26. The average Bonchev–Trinajstić information content (AvgIpc) is 2.51. The number of benzene rings is 1. The van der Waals surface area contributed by atoms with Crippen LogP contribution in [0.1, 0.15) is 26.7 Å². The Hall–Kier alpha value is -2.43. The zero-order valence-electron chi connectivity index (χ0n) is 12.4. The molecule has 1 amide bonds. The topological polar surface area (TPSA) is 58.1 Å². The molecule has 0 radical (unpaired) electrons. The fourth-order valence-corrected chi connectivity index (χ4v) is 2.05. The molecule has 2 rings (SSSR count). The van der Waals surface area contributed by atoms with Crippen LogP contribution in [0, 0.1) is 0 Å². The van der Waals surface area contributed by atoms with Gasteiger partial charge in [-0.15, -0.1) is 10.2 Å². The SMILES string of the molecule is CCCC(=O)Nc1ccc(N(CC)c2ccccc2)nn1. The first-order chi connectivity index (χ1) is 10.2. The lowest BCUT2D eigenvalue weighted by Crippen LogP contribution is -2.18. The summed E-state index contributed by atoms with van der Waals surface area (Å²) in [6.07, 6.45) is 1.31. The molecule has 1 heterocycles. The standard InChI is InChI=1S/C16H20N4O/c1-3-8-16(21)17-14-11-12-15(19-18-14)20(4-2)13-9-6-5-7-10-13/h5-7,9-12H,3-4,8H2,1-2H3,(H,17,18,21). The highest BCUT2D eigenvalue weighted by Crippen LogP contribution is 2.22. The van der Waals surface area contributed by atoms with E-state index in [9.17, 15) is 4.79 Å². The quantitative estimate of drug-likeness (QED) is 0.883. The smallest absolute Gasteiger partial charge is 0.225 e. The van der Waals surface area contributed by atoms with Crippen molar-refractivity contribution >= 4 is 23.2 Å². The lowest BCUT2D eigenvalue weighted by Gasteiger charge is -2.21. The third kappa shape index (κ3) is 4.02. The van der Waals surface area contributed by atoms with Crippen LogP contribution in [-0.2, 0) is 4.79 Å². The van der Waals surface area contributed by atoms with Gasteiger partial charge in [-0.3, -0.25) is 4.79 Å². The lowest BCUT2D eigenvalue weighted by atomic mass is 10.3. The van der Waals surface area contributed by atoms with Crippen molar-refractivity contribution in [3.63, 3.8) is 0 Å². The predicted octanol–water partition coefficient (Wildman–Crippen LogP) is 3.37. The fraction of sp³-hybridized carbons (Fsp3) is 0.312. The summed E-state index contributed by atoms with van der Waals surface area (Å²) in [7, 11) is 0. The van der Waals surface area contributed by atoms with E-state index in [1.165, 1.54) is 0 Å². The number of para-hydroxylation sites is 1. The fourth-order valence-electron chi connectivity index (χ4n) is 2.05. The molecule has 0 aliphatic rings. The summed E-state index contributed by atoms with van der Waals surface area (Å²) in [5.74, 6) is 1.22. The van der Waals surface area contributed by atoms with Gasteiger partial charge in [0.05, 0.1) is 0 Å². The van der Waals surface area contributed by atoms with Gasteiger partial charge >= 0.3 is 0 Å². The van der Waals surface area contributed by atoms with Gasteiger partial charge in [-0.25, -0.2) is 0 Å². The van der Waals surface area contributed by atoms with Crippen LogP contribution in [0.5, 0.6) is 0 Å². The molecule has 0 unspecified atom stereocenters. The Balaban J connectivity index is 2.12. The van der Waals surface area contributed by atoms with Gasteiger partial charge in [-0.2, -0.15) is 0 Å². The van der Waals surface area contributed by atoms with E-state index in [4.69, 9.17) is 0 Å². The van der Waals surface area contributed by atoms with Gasteiger partial charge in [-0.1, -0.05) is 25.1 Å². The molecule has 2 aromatic rings. The highest BCUT2D eigenvalue weighted by Gasteiger charge is 2.09. The van der Waals surface area contributed by atoms with Crippen LogP contribution in [-0.4, -0.2) is 22.6 Å². The molecular weight excluding hydrogens is 264 g/mol. The van der Waals surface area contributed by atoms with Crippen molar-refractivity contribution in [3.8, 4) is 0 Å². The minimum absolute atomic E-state index is 0.0324. The maximum atomic E-state index is 11.5. The molecule has 0 aliphatic carbocycles. The number of amides is 1. The van der Waals surface area contributed by atoms with Crippen molar-refractivity contribution in [2.75, 3.05) is 16.8 Å². The van der Waals surface area contributed by atoms with E-state index in [0.29, 0.717) is 12.2 Å². The number of anilines is 3. The van der Waals surface area contributed by atoms with Crippen LogP contribution in [0.25, 0.3) is 0 Å². The van der Waals surface area contributed by atoms with Crippen molar-refractivity contribution in [2.24, 2.45) is 0 Å². The molecule has 0 fully saturated rings. The summed E-state index contributed by atoms with van der Waals surface area (Å²) in [4.78, 5) is 13.6. The van der Waals surface area contributed by atoms with Gasteiger partial charge in [0, 0.05) is 18.7 Å². The summed E-state index contributed by atoms with van der Waals surface area (Å²) >= 11 is 0. The normalized spacial score (nSPS) is 10.2. The van der Waals surface area contributed by atoms with Gasteiger partial charge in [0.15, 0.2) is 11.6 Å². The Morgan fingerprint density at radius 2 is 1.86 bits per heavy atom. The van der Waals surface area contributed by atoms with Crippen LogP contribution in [0.3, 0.4) is 0 Å². The summed E-state index contributed by atoms with van der Waals surface area (Å²) < 4.78 is 0. The second kappa shape index (κ2) is 7.38. The number of carbonyl (C=O) groups excluding carboxylic acids is 1. The van der Waals surface area contributed by atoms with Gasteiger partial charge in [0.1, 0.15) is 0 Å². The first-order valence-corrected chi connectivity index (χ1v) is 7.20. The number of hydrogen-bond acceptors (Lipinski definition) is 4. The Bertz CT molecular complexity index is 569. The van der Waals surface area contributed by atoms with E-state index in [1.54, 1.807) is 6.07 Å². The van der Waals surface area contributed by atoms with E-state index in [-0.39, 0.29) is 5.91 Å². The monoisotopic (exact) mass is 284 g/mol. The maximum Gasteiger partial charge on any atom is 0.225 e.